The van der Waals surface area contributed by atoms with E-state index in [0.29, 0.717) is 13.0 Å². The zero-order valence-electron chi connectivity index (χ0n) is 15.8. The SMILES string of the molecule is CC[C@@](C)(CNC(=O)CCc1c(C)nn(C)c1C)N1CCOCC1. The number of carbonyl (C=O) groups is 1. The van der Waals surface area contributed by atoms with Gasteiger partial charge in [-0.25, -0.2) is 0 Å². The molecule has 136 valence electrons. The Morgan fingerprint density at radius 3 is 2.54 bits per heavy atom. The van der Waals surface area contributed by atoms with Gasteiger partial charge in [0, 0.05) is 44.3 Å². The molecule has 6 heteroatoms. The quantitative estimate of drug-likeness (QED) is 0.821. The third-order valence-electron chi connectivity index (χ3n) is 5.46. The first-order valence-corrected chi connectivity index (χ1v) is 8.96. The summed E-state index contributed by atoms with van der Waals surface area (Å²) in [6.07, 6.45) is 2.27. The molecule has 1 fully saturated rings. The van der Waals surface area contributed by atoms with Gasteiger partial charge in [0.15, 0.2) is 0 Å². The van der Waals surface area contributed by atoms with Crippen LogP contribution in [0.3, 0.4) is 0 Å². The topological polar surface area (TPSA) is 59.4 Å². The molecule has 0 aliphatic carbocycles. The summed E-state index contributed by atoms with van der Waals surface area (Å²) in [7, 11) is 1.95. The summed E-state index contributed by atoms with van der Waals surface area (Å²) >= 11 is 0. The average Bonchev–Trinajstić information content (AvgIpc) is 2.84. The summed E-state index contributed by atoms with van der Waals surface area (Å²) in [5, 5.41) is 7.55. The van der Waals surface area contributed by atoms with E-state index in [0.717, 1.165) is 50.5 Å². The van der Waals surface area contributed by atoms with Gasteiger partial charge in [-0.2, -0.15) is 5.10 Å². The number of nitrogens with one attached hydrogen (secondary N) is 1. The summed E-state index contributed by atoms with van der Waals surface area (Å²) in [5.41, 5.74) is 3.36. The fraction of sp³-hybridized carbons (Fsp3) is 0.778. The van der Waals surface area contributed by atoms with Crippen LogP contribution in [0.2, 0.25) is 0 Å². The number of hydrogen-bond acceptors (Lipinski definition) is 4. The minimum atomic E-state index is -0.000421. The van der Waals surface area contributed by atoms with Crippen molar-refractivity contribution < 1.29 is 9.53 Å². The Morgan fingerprint density at radius 2 is 2.00 bits per heavy atom. The number of aryl methyl sites for hydroxylation is 2. The van der Waals surface area contributed by atoms with Gasteiger partial charge in [0.1, 0.15) is 0 Å². The maximum absolute atomic E-state index is 12.3. The lowest BCUT2D eigenvalue weighted by Crippen LogP contribution is -2.56. The van der Waals surface area contributed by atoms with Crippen LogP contribution >= 0.6 is 0 Å². The van der Waals surface area contributed by atoms with Gasteiger partial charge in [-0.1, -0.05) is 6.92 Å². The number of amides is 1. The highest BCUT2D eigenvalue weighted by atomic mass is 16.5. The first-order valence-electron chi connectivity index (χ1n) is 8.96. The van der Waals surface area contributed by atoms with Crippen molar-refractivity contribution in [1.29, 1.82) is 0 Å². The van der Waals surface area contributed by atoms with Crippen LogP contribution in [0.5, 0.6) is 0 Å². The molecule has 1 aliphatic rings. The van der Waals surface area contributed by atoms with E-state index in [9.17, 15) is 4.79 Å². The van der Waals surface area contributed by atoms with E-state index < -0.39 is 0 Å². The van der Waals surface area contributed by atoms with Crippen molar-refractivity contribution in [3.63, 3.8) is 0 Å². The molecule has 1 aliphatic heterocycles. The molecule has 1 saturated heterocycles. The minimum absolute atomic E-state index is 0.000421. The zero-order valence-corrected chi connectivity index (χ0v) is 15.8. The maximum atomic E-state index is 12.3. The largest absolute Gasteiger partial charge is 0.379 e. The van der Waals surface area contributed by atoms with Gasteiger partial charge >= 0.3 is 0 Å². The first kappa shape index (κ1) is 18.9. The molecule has 2 rings (SSSR count). The van der Waals surface area contributed by atoms with Crippen molar-refractivity contribution in [3.8, 4) is 0 Å². The Hall–Kier alpha value is -1.40. The fourth-order valence-corrected chi connectivity index (χ4v) is 3.36. The summed E-state index contributed by atoms with van der Waals surface area (Å²) in [6.45, 7) is 12.6. The molecule has 0 radical (unpaired) electrons. The second-order valence-electron chi connectivity index (χ2n) is 7.00. The molecule has 1 aromatic rings. The Bertz CT molecular complexity index is 564. The Balaban J connectivity index is 1.85. The van der Waals surface area contributed by atoms with Crippen molar-refractivity contribution in [2.45, 2.75) is 52.5 Å². The van der Waals surface area contributed by atoms with Crippen LogP contribution in [0.25, 0.3) is 0 Å². The Labute approximate surface area is 145 Å². The molecule has 2 heterocycles. The third-order valence-corrected chi connectivity index (χ3v) is 5.46. The van der Waals surface area contributed by atoms with E-state index in [4.69, 9.17) is 4.74 Å². The van der Waals surface area contributed by atoms with Gasteiger partial charge in [-0.3, -0.25) is 14.4 Å². The van der Waals surface area contributed by atoms with Gasteiger partial charge < -0.3 is 10.1 Å². The molecule has 1 aromatic heterocycles. The molecule has 1 amide bonds. The van der Waals surface area contributed by atoms with Gasteiger partial charge in [0.2, 0.25) is 5.91 Å². The van der Waals surface area contributed by atoms with E-state index >= 15 is 0 Å². The fourth-order valence-electron chi connectivity index (χ4n) is 3.36. The third kappa shape index (κ3) is 4.36. The molecule has 0 bridgehead atoms. The second kappa shape index (κ2) is 8.12. The summed E-state index contributed by atoms with van der Waals surface area (Å²) in [5.74, 6) is 0.116. The number of ether oxygens (including phenoxy) is 1. The van der Waals surface area contributed by atoms with Gasteiger partial charge in [0.25, 0.3) is 0 Å². The predicted molar refractivity (Wildman–Crippen MR) is 95.1 cm³/mol. The highest BCUT2D eigenvalue weighted by Gasteiger charge is 2.31. The van der Waals surface area contributed by atoms with Gasteiger partial charge in [0.05, 0.1) is 18.9 Å². The number of aromatic nitrogens is 2. The number of rotatable bonds is 7. The highest BCUT2D eigenvalue weighted by molar-refractivity contribution is 5.76. The lowest BCUT2D eigenvalue weighted by molar-refractivity contribution is -0.122. The van der Waals surface area contributed by atoms with E-state index in [1.807, 2.05) is 18.7 Å². The number of nitrogens with zero attached hydrogens (tertiary/aromatic N) is 3. The van der Waals surface area contributed by atoms with Crippen LogP contribution in [0.15, 0.2) is 0 Å². The number of hydrogen-bond donors (Lipinski definition) is 1. The Kier molecular flexibility index (Phi) is 6.40. The van der Waals surface area contributed by atoms with Crippen molar-refractivity contribution in [2.24, 2.45) is 7.05 Å². The lowest BCUT2D eigenvalue weighted by Gasteiger charge is -2.43. The minimum Gasteiger partial charge on any atom is -0.379 e. The first-order chi connectivity index (χ1) is 11.4. The molecule has 1 N–H and O–H groups in total. The molecular formula is C18H32N4O2. The molecule has 0 spiro atoms. The zero-order chi connectivity index (χ0) is 17.7. The number of morpholine rings is 1. The van der Waals surface area contributed by atoms with Crippen molar-refractivity contribution in [2.75, 3.05) is 32.8 Å². The van der Waals surface area contributed by atoms with Gasteiger partial charge in [-0.15, -0.1) is 0 Å². The Morgan fingerprint density at radius 1 is 1.33 bits per heavy atom. The van der Waals surface area contributed by atoms with Crippen molar-refractivity contribution in [1.82, 2.24) is 20.0 Å². The summed E-state index contributed by atoms with van der Waals surface area (Å²) in [4.78, 5) is 14.7. The molecule has 24 heavy (non-hydrogen) atoms. The van der Waals surface area contributed by atoms with Gasteiger partial charge in [-0.05, 0) is 39.2 Å². The van der Waals surface area contributed by atoms with Crippen LogP contribution in [-0.4, -0.2) is 59.0 Å². The van der Waals surface area contributed by atoms with E-state index in [1.165, 1.54) is 5.56 Å². The molecule has 0 aromatic carbocycles. The van der Waals surface area contributed by atoms with Crippen LogP contribution in [0, 0.1) is 13.8 Å². The molecule has 1 atom stereocenters. The maximum Gasteiger partial charge on any atom is 0.220 e. The lowest BCUT2D eigenvalue weighted by atomic mass is 9.95. The standard InChI is InChI=1S/C18H32N4O2/c1-6-18(4,22-9-11-24-12-10-22)13-19-17(23)8-7-16-14(2)20-21(5)15(16)3/h6-13H2,1-5H3,(H,19,23)/t18-/m0/s1. The van der Waals surface area contributed by atoms with Crippen molar-refractivity contribution in [3.05, 3.63) is 17.0 Å². The molecule has 0 unspecified atom stereocenters. The smallest absolute Gasteiger partial charge is 0.220 e. The highest BCUT2D eigenvalue weighted by Crippen LogP contribution is 2.20. The van der Waals surface area contributed by atoms with Crippen LogP contribution in [0.1, 0.15) is 43.6 Å². The van der Waals surface area contributed by atoms with Crippen LogP contribution in [-0.2, 0) is 23.0 Å². The monoisotopic (exact) mass is 336 g/mol. The predicted octanol–water partition coefficient (Wildman–Crippen LogP) is 1.59. The number of carbonyl (C=O) groups excluding carboxylic acids is 1. The second-order valence-corrected chi connectivity index (χ2v) is 7.00. The van der Waals surface area contributed by atoms with E-state index in [2.05, 4.69) is 36.1 Å². The van der Waals surface area contributed by atoms with E-state index in [1.54, 1.807) is 0 Å². The summed E-state index contributed by atoms with van der Waals surface area (Å²) < 4.78 is 7.32. The average molecular weight is 336 g/mol. The molecule has 6 nitrogen and oxygen atoms in total. The van der Waals surface area contributed by atoms with Crippen LogP contribution in [0.4, 0.5) is 0 Å². The van der Waals surface area contributed by atoms with Crippen LogP contribution < -0.4 is 5.32 Å². The normalized spacial score (nSPS) is 18.4. The molecule has 0 saturated carbocycles. The van der Waals surface area contributed by atoms with E-state index in [-0.39, 0.29) is 11.4 Å². The van der Waals surface area contributed by atoms with Crippen molar-refractivity contribution >= 4 is 5.91 Å². The molecular weight excluding hydrogens is 304 g/mol. The summed E-state index contributed by atoms with van der Waals surface area (Å²) in [6, 6.07) is 0.